The number of carbonyl (C=O) groups is 1. The van der Waals surface area contributed by atoms with Gasteiger partial charge in [-0.3, -0.25) is 4.79 Å². The van der Waals surface area contributed by atoms with E-state index in [1.165, 1.54) is 12.8 Å². The van der Waals surface area contributed by atoms with E-state index in [1.807, 2.05) is 43.5 Å². The molecule has 0 saturated heterocycles. The van der Waals surface area contributed by atoms with E-state index in [2.05, 4.69) is 17.6 Å². The Morgan fingerprint density at radius 2 is 1.95 bits per heavy atom. The molecule has 1 rings (SSSR count). The van der Waals surface area contributed by atoms with Crippen LogP contribution in [-0.4, -0.2) is 30.5 Å². The Morgan fingerprint density at radius 1 is 1.24 bits per heavy atom. The zero-order valence-corrected chi connectivity index (χ0v) is 14.2. The molecular weight excluding hydrogens is 280 g/mol. The topological polar surface area (TPSA) is 41.1 Å². The van der Waals surface area contributed by atoms with Crippen LogP contribution in [0.5, 0.6) is 0 Å². The molecule has 0 heterocycles. The van der Waals surface area contributed by atoms with Gasteiger partial charge in [-0.15, -0.1) is 0 Å². The second kappa shape index (κ2) is 10.7. The van der Waals surface area contributed by atoms with Crippen molar-refractivity contribution in [2.24, 2.45) is 0 Å². The van der Waals surface area contributed by atoms with E-state index in [1.54, 1.807) is 11.8 Å². The Labute approximate surface area is 133 Å². The fourth-order valence-corrected chi connectivity index (χ4v) is 2.79. The van der Waals surface area contributed by atoms with E-state index < -0.39 is 0 Å². The third kappa shape index (κ3) is 7.00. The molecule has 3 nitrogen and oxygen atoms in total. The highest BCUT2D eigenvalue weighted by Gasteiger charge is 2.19. The number of carbonyl (C=O) groups excluding carboxylic acids is 1. The van der Waals surface area contributed by atoms with Crippen molar-refractivity contribution in [2.75, 3.05) is 18.6 Å². The lowest BCUT2D eigenvalue weighted by atomic mass is 10.1. The molecule has 0 radical (unpaired) electrons. The van der Waals surface area contributed by atoms with Gasteiger partial charge in [0.05, 0.1) is 12.1 Å². The molecule has 118 valence electrons. The van der Waals surface area contributed by atoms with E-state index in [-0.39, 0.29) is 18.0 Å². The molecule has 21 heavy (non-hydrogen) atoms. The lowest BCUT2D eigenvalue weighted by Crippen LogP contribution is -2.46. The third-order valence-electron chi connectivity index (χ3n) is 3.48. The predicted octanol–water partition coefficient (Wildman–Crippen LogP) is 3.38. The predicted molar refractivity (Wildman–Crippen MR) is 92.7 cm³/mol. The van der Waals surface area contributed by atoms with Crippen LogP contribution < -0.4 is 10.6 Å². The Morgan fingerprint density at radius 3 is 2.57 bits per heavy atom. The maximum Gasteiger partial charge on any atom is 0.238 e. The monoisotopic (exact) mass is 308 g/mol. The minimum atomic E-state index is -0.108. The largest absolute Gasteiger partial charge is 0.348 e. The summed E-state index contributed by atoms with van der Waals surface area (Å²) < 4.78 is 0. The number of rotatable bonds is 10. The first-order chi connectivity index (χ1) is 10.2. The maximum absolute atomic E-state index is 12.4. The molecule has 1 amide bonds. The molecule has 0 aliphatic rings. The van der Waals surface area contributed by atoms with Gasteiger partial charge in [0.25, 0.3) is 0 Å². The van der Waals surface area contributed by atoms with Gasteiger partial charge in [0.1, 0.15) is 0 Å². The third-order valence-corrected chi connectivity index (χ3v) is 4.15. The van der Waals surface area contributed by atoms with Crippen LogP contribution in [-0.2, 0) is 4.79 Å². The molecule has 0 spiro atoms. The minimum Gasteiger partial charge on any atom is -0.348 e. The van der Waals surface area contributed by atoms with E-state index in [0.29, 0.717) is 0 Å². The van der Waals surface area contributed by atoms with Gasteiger partial charge in [-0.1, -0.05) is 50.1 Å². The van der Waals surface area contributed by atoms with Crippen molar-refractivity contribution >= 4 is 17.7 Å². The van der Waals surface area contributed by atoms with Crippen molar-refractivity contribution in [3.63, 3.8) is 0 Å². The number of hydrogen-bond donors (Lipinski definition) is 2. The van der Waals surface area contributed by atoms with E-state index in [4.69, 9.17) is 0 Å². The lowest BCUT2D eigenvalue weighted by molar-refractivity contribution is -0.123. The molecule has 0 bridgehead atoms. The fourth-order valence-electron chi connectivity index (χ4n) is 2.18. The Balaban J connectivity index is 2.48. The smallest absolute Gasteiger partial charge is 0.238 e. The molecule has 2 N–H and O–H groups in total. The second-order valence-electron chi connectivity index (χ2n) is 5.31. The van der Waals surface area contributed by atoms with Gasteiger partial charge in [-0.2, -0.15) is 11.8 Å². The van der Waals surface area contributed by atoms with Crippen molar-refractivity contribution in [2.45, 2.75) is 45.2 Å². The molecule has 2 atom stereocenters. The Kier molecular flexibility index (Phi) is 9.19. The number of thioether (sulfide) groups is 1. The van der Waals surface area contributed by atoms with Crippen molar-refractivity contribution in [3.8, 4) is 0 Å². The Bertz CT molecular complexity index is 397. The number of hydrogen-bond acceptors (Lipinski definition) is 3. The van der Waals surface area contributed by atoms with Gasteiger partial charge >= 0.3 is 0 Å². The van der Waals surface area contributed by atoms with Crippen molar-refractivity contribution in [3.05, 3.63) is 35.9 Å². The second-order valence-corrected chi connectivity index (χ2v) is 6.22. The summed E-state index contributed by atoms with van der Waals surface area (Å²) >= 11 is 1.70. The average Bonchev–Trinajstić information content (AvgIpc) is 2.51. The van der Waals surface area contributed by atoms with Crippen LogP contribution in [0.2, 0.25) is 0 Å². The number of amides is 1. The van der Waals surface area contributed by atoms with E-state index in [9.17, 15) is 4.79 Å². The molecule has 4 heteroatoms. The average molecular weight is 308 g/mol. The molecule has 0 fully saturated rings. The van der Waals surface area contributed by atoms with Crippen molar-refractivity contribution in [1.29, 1.82) is 0 Å². The summed E-state index contributed by atoms with van der Waals surface area (Å²) in [6.45, 7) is 5.13. The standard InChI is InChI=1S/C17H28N2OS/c1-4-5-9-12-18-16(13-21-3)17(20)19-14(2)15-10-7-6-8-11-15/h6-8,10-11,14,16,18H,4-5,9,12-13H2,1-3H3,(H,19,20)/t14-,16?/m1/s1. The summed E-state index contributed by atoms with van der Waals surface area (Å²) in [5.74, 6) is 0.900. The SMILES string of the molecule is CCCCCNC(CSC)C(=O)N[C@H](C)c1ccccc1. The number of benzene rings is 1. The van der Waals surface area contributed by atoms with Crippen LogP contribution in [0, 0.1) is 0 Å². The number of unbranched alkanes of at least 4 members (excludes halogenated alkanes) is 2. The molecule has 0 aliphatic carbocycles. The molecule has 1 aromatic rings. The molecule has 1 aromatic carbocycles. The summed E-state index contributed by atoms with van der Waals surface area (Å²) in [6, 6.07) is 10.0. The molecule has 0 saturated carbocycles. The first-order valence-corrected chi connectivity index (χ1v) is 9.16. The summed E-state index contributed by atoms with van der Waals surface area (Å²) in [4.78, 5) is 12.4. The van der Waals surface area contributed by atoms with Gasteiger partial charge in [0.15, 0.2) is 0 Å². The van der Waals surface area contributed by atoms with Gasteiger partial charge in [0, 0.05) is 5.75 Å². The van der Waals surface area contributed by atoms with Crippen LogP contribution in [0.25, 0.3) is 0 Å². The van der Waals surface area contributed by atoms with Crippen LogP contribution in [0.3, 0.4) is 0 Å². The summed E-state index contributed by atoms with van der Waals surface area (Å²) in [6.07, 6.45) is 5.57. The fraction of sp³-hybridized carbons (Fsp3) is 0.588. The first-order valence-electron chi connectivity index (χ1n) is 7.76. The molecule has 0 aliphatic heterocycles. The quantitative estimate of drug-likeness (QED) is 0.651. The van der Waals surface area contributed by atoms with Crippen LogP contribution in [0.15, 0.2) is 30.3 Å². The van der Waals surface area contributed by atoms with E-state index in [0.717, 1.165) is 24.3 Å². The Hall–Kier alpha value is -1.00. The van der Waals surface area contributed by atoms with E-state index >= 15 is 0 Å². The van der Waals surface area contributed by atoms with Crippen LogP contribution in [0.4, 0.5) is 0 Å². The zero-order valence-electron chi connectivity index (χ0n) is 13.4. The highest BCUT2D eigenvalue weighted by Crippen LogP contribution is 2.11. The van der Waals surface area contributed by atoms with Gasteiger partial charge in [0.2, 0.25) is 5.91 Å². The van der Waals surface area contributed by atoms with Crippen LogP contribution >= 0.6 is 11.8 Å². The molecular formula is C17H28N2OS. The normalized spacial score (nSPS) is 13.7. The lowest BCUT2D eigenvalue weighted by Gasteiger charge is -2.21. The molecule has 1 unspecified atom stereocenters. The highest BCUT2D eigenvalue weighted by molar-refractivity contribution is 7.98. The summed E-state index contributed by atoms with van der Waals surface area (Å²) in [5, 5.41) is 6.49. The summed E-state index contributed by atoms with van der Waals surface area (Å²) in [7, 11) is 0. The maximum atomic E-state index is 12.4. The first kappa shape index (κ1) is 18.1. The summed E-state index contributed by atoms with van der Waals surface area (Å²) in [5.41, 5.74) is 1.14. The van der Waals surface area contributed by atoms with Crippen LogP contribution in [0.1, 0.15) is 44.7 Å². The number of nitrogens with one attached hydrogen (secondary N) is 2. The van der Waals surface area contributed by atoms with Gasteiger partial charge in [-0.25, -0.2) is 0 Å². The minimum absolute atomic E-state index is 0.0421. The van der Waals surface area contributed by atoms with Crippen molar-refractivity contribution in [1.82, 2.24) is 10.6 Å². The van der Waals surface area contributed by atoms with Crippen molar-refractivity contribution < 1.29 is 4.79 Å². The van der Waals surface area contributed by atoms with Gasteiger partial charge in [-0.05, 0) is 31.7 Å². The highest BCUT2D eigenvalue weighted by atomic mass is 32.2. The van der Waals surface area contributed by atoms with Gasteiger partial charge < -0.3 is 10.6 Å². The molecule has 0 aromatic heterocycles. The zero-order chi connectivity index (χ0) is 15.5.